The van der Waals surface area contributed by atoms with Crippen LogP contribution in [0.5, 0.6) is 11.5 Å². The average Bonchev–Trinajstić information content (AvgIpc) is 2.74. The molecule has 0 saturated heterocycles. The molecule has 0 saturated carbocycles. The highest BCUT2D eigenvalue weighted by Gasteiger charge is 2.12. The molecule has 0 amide bonds. The van der Waals surface area contributed by atoms with Gasteiger partial charge in [-0.3, -0.25) is 0 Å². The molecule has 0 spiro atoms. The van der Waals surface area contributed by atoms with Crippen molar-refractivity contribution in [2.75, 3.05) is 5.73 Å². The first kappa shape index (κ1) is 18.5. The summed E-state index contributed by atoms with van der Waals surface area (Å²) in [5.41, 5.74) is 10.8. The summed E-state index contributed by atoms with van der Waals surface area (Å²) < 4.78 is 0. The van der Waals surface area contributed by atoms with Crippen LogP contribution in [0.3, 0.4) is 0 Å². The maximum Gasteiger partial charge on any atom is 0.221 e. The first-order valence-electron chi connectivity index (χ1n) is 9.01. The van der Waals surface area contributed by atoms with Gasteiger partial charge in [-0.15, -0.1) is 0 Å². The molecule has 1 heterocycles. The van der Waals surface area contributed by atoms with Crippen molar-refractivity contribution in [3.05, 3.63) is 78.4 Å². The zero-order valence-corrected chi connectivity index (χ0v) is 15.4. The second-order valence-electron chi connectivity index (χ2n) is 6.63. The van der Waals surface area contributed by atoms with Crippen LogP contribution in [-0.2, 0) is 6.61 Å². The number of aliphatic hydroxyl groups excluding tert-OH is 1. The summed E-state index contributed by atoms with van der Waals surface area (Å²) >= 11 is 0. The number of anilines is 1. The van der Waals surface area contributed by atoms with E-state index in [9.17, 15) is 15.3 Å². The fourth-order valence-electron chi connectivity index (χ4n) is 3.16. The molecule has 4 aromatic rings. The number of hydrogen-bond donors (Lipinski definition) is 4. The van der Waals surface area contributed by atoms with Crippen molar-refractivity contribution in [1.82, 2.24) is 9.97 Å². The van der Waals surface area contributed by atoms with Gasteiger partial charge < -0.3 is 21.1 Å². The van der Waals surface area contributed by atoms with Gasteiger partial charge in [-0.1, -0.05) is 36.4 Å². The van der Waals surface area contributed by atoms with Crippen LogP contribution < -0.4 is 5.73 Å². The largest absolute Gasteiger partial charge is 0.508 e. The molecule has 0 bridgehead atoms. The van der Waals surface area contributed by atoms with Crippen LogP contribution in [0.1, 0.15) is 5.56 Å². The zero-order valence-electron chi connectivity index (χ0n) is 15.4. The molecule has 0 radical (unpaired) electrons. The highest BCUT2D eigenvalue weighted by atomic mass is 16.3. The highest BCUT2D eigenvalue weighted by molar-refractivity contribution is 5.78. The normalized spacial score (nSPS) is 10.8. The van der Waals surface area contributed by atoms with Crippen molar-refractivity contribution in [2.45, 2.75) is 6.61 Å². The summed E-state index contributed by atoms with van der Waals surface area (Å²) in [4.78, 5) is 8.60. The number of nitrogen functional groups attached to an aromatic ring is 1. The SMILES string of the molecule is Nc1nc(-c2cccc(CO)c2)cc(-c2cc(-c3ccc(O)cc3)ccc2O)n1. The van der Waals surface area contributed by atoms with Crippen LogP contribution in [-0.4, -0.2) is 25.3 Å². The van der Waals surface area contributed by atoms with Crippen molar-refractivity contribution in [1.29, 1.82) is 0 Å². The predicted octanol–water partition coefficient (Wildman–Crippen LogP) is 3.96. The Labute approximate surface area is 167 Å². The number of hydrogen-bond acceptors (Lipinski definition) is 6. The lowest BCUT2D eigenvalue weighted by Crippen LogP contribution is -1.99. The van der Waals surface area contributed by atoms with Crippen molar-refractivity contribution < 1.29 is 15.3 Å². The minimum atomic E-state index is -0.0727. The van der Waals surface area contributed by atoms with Gasteiger partial charge >= 0.3 is 0 Å². The molecule has 6 heteroatoms. The number of aromatic nitrogens is 2. The Morgan fingerprint density at radius 3 is 2.21 bits per heavy atom. The van der Waals surface area contributed by atoms with Crippen LogP contribution in [0.2, 0.25) is 0 Å². The number of aromatic hydroxyl groups is 2. The Kier molecular flexibility index (Phi) is 4.85. The smallest absolute Gasteiger partial charge is 0.221 e. The van der Waals surface area contributed by atoms with E-state index in [4.69, 9.17) is 5.73 Å². The van der Waals surface area contributed by atoms with E-state index in [1.807, 2.05) is 30.3 Å². The van der Waals surface area contributed by atoms with Crippen LogP contribution in [0.15, 0.2) is 72.8 Å². The number of nitrogens with zero attached hydrogens (tertiary/aromatic N) is 2. The van der Waals surface area contributed by atoms with Crippen molar-refractivity contribution in [2.24, 2.45) is 0 Å². The first-order valence-corrected chi connectivity index (χ1v) is 9.01. The fraction of sp³-hybridized carbons (Fsp3) is 0.0435. The maximum atomic E-state index is 10.4. The number of benzene rings is 3. The molecular formula is C23H19N3O3. The molecule has 0 fully saturated rings. The first-order chi connectivity index (χ1) is 14.0. The Bertz CT molecular complexity index is 1170. The van der Waals surface area contributed by atoms with Gasteiger partial charge in [-0.2, -0.15) is 0 Å². The second-order valence-corrected chi connectivity index (χ2v) is 6.63. The fourth-order valence-corrected chi connectivity index (χ4v) is 3.16. The molecule has 4 rings (SSSR count). The maximum absolute atomic E-state index is 10.4. The Morgan fingerprint density at radius 1 is 0.724 bits per heavy atom. The summed E-state index contributed by atoms with van der Waals surface area (Å²) in [6.07, 6.45) is 0. The van der Waals surface area contributed by atoms with Gasteiger partial charge in [0.1, 0.15) is 11.5 Å². The van der Waals surface area contributed by atoms with Gasteiger partial charge in [-0.05, 0) is 53.1 Å². The lowest BCUT2D eigenvalue weighted by Gasteiger charge is -2.11. The zero-order chi connectivity index (χ0) is 20.4. The Hall–Kier alpha value is -3.90. The van der Waals surface area contributed by atoms with Gasteiger partial charge in [-0.25, -0.2) is 9.97 Å². The lowest BCUT2D eigenvalue weighted by atomic mass is 9.99. The number of aliphatic hydroxyl groups is 1. The van der Waals surface area contributed by atoms with E-state index < -0.39 is 0 Å². The minimum Gasteiger partial charge on any atom is -0.508 e. The predicted molar refractivity (Wildman–Crippen MR) is 112 cm³/mol. The highest BCUT2D eigenvalue weighted by Crippen LogP contribution is 2.35. The Balaban J connectivity index is 1.81. The van der Waals surface area contributed by atoms with Gasteiger partial charge in [0.2, 0.25) is 5.95 Å². The summed E-state index contributed by atoms with van der Waals surface area (Å²) in [7, 11) is 0. The lowest BCUT2D eigenvalue weighted by molar-refractivity contribution is 0.282. The topological polar surface area (TPSA) is 112 Å². The van der Waals surface area contributed by atoms with Crippen LogP contribution in [0.4, 0.5) is 5.95 Å². The van der Waals surface area contributed by atoms with Crippen LogP contribution >= 0.6 is 0 Å². The molecule has 0 unspecified atom stereocenters. The van der Waals surface area contributed by atoms with E-state index in [1.54, 1.807) is 42.5 Å². The molecule has 29 heavy (non-hydrogen) atoms. The number of rotatable bonds is 4. The summed E-state index contributed by atoms with van der Waals surface area (Å²) in [5, 5.41) is 29.3. The monoisotopic (exact) mass is 385 g/mol. The summed E-state index contributed by atoms with van der Waals surface area (Å²) in [6, 6.07) is 21.1. The molecule has 3 aromatic carbocycles. The molecule has 6 nitrogen and oxygen atoms in total. The van der Waals surface area contributed by atoms with E-state index >= 15 is 0 Å². The number of phenolic OH excluding ortho intramolecular Hbond substituents is 2. The van der Waals surface area contributed by atoms with E-state index in [1.165, 1.54) is 0 Å². The van der Waals surface area contributed by atoms with Crippen LogP contribution in [0, 0.1) is 0 Å². The number of phenols is 2. The summed E-state index contributed by atoms with van der Waals surface area (Å²) in [5.74, 6) is 0.341. The van der Waals surface area contributed by atoms with Gasteiger partial charge in [0.25, 0.3) is 0 Å². The van der Waals surface area contributed by atoms with E-state index in [2.05, 4.69) is 9.97 Å². The van der Waals surface area contributed by atoms with Gasteiger partial charge in [0.15, 0.2) is 0 Å². The van der Waals surface area contributed by atoms with Crippen molar-refractivity contribution in [3.63, 3.8) is 0 Å². The standard InChI is InChI=1S/C23H19N3O3/c24-23-25-20(17-3-1-2-14(10-17)13-27)12-21(26-23)19-11-16(6-9-22(19)29)15-4-7-18(28)8-5-15/h1-12,27-29H,13H2,(H2,24,25,26). The average molecular weight is 385 g/mol. The molecule has 5 N–H and O–H groups in total. The van der Waals surface area contributed by atoms with E-state index in [0.717, 1.165) is 22.3 Å². The molecule has 0 atom stereocenters. The molecular weight excluding hydrogens is 366 g/mol. The van der Waals surface area contributed by atoms with Crippen molar-refractivity contribution in [3.8, 4) is 45.1 Å². The molecule has 0 aliphatic carbocycles. The van der Waals surface area contributed by atoms with Crippen molar-refractivity contribution >= 4 is 5.95 Å². The van der Waals surface area contributed by atoms with E-state index in [-0.39, 0.29) is 24.1 Å². The number of nitrogens with two attached hydrogens (primary N) is 1. The van der Waals surface area contributed by atoms with E-state index in [0.29, 0.717) is 17.0 Å². The van der Waals surface area contributed by atoms with Gasteiger partial charge in [0.05, 0.1) is 18.0 Å². The Morgan fingerprint density at radius 2 is 1.45 bits per heavy atom. The summed E-state index contributed by atoms with van der Waals surface area (Å²) in [6.45, 7) is -0.0727. The molecule has 144 valence electrons. The third-order valence-corrected chi connectivity index (χ3v) is 4.62. The second kappa shape index (κ2) is 7.61. The quantitative estimate of drug-likeness (QED) is 0.423. The minimum absolute atomic E-state index is 0.0701. The third kappa shape index (κ3) is 3.88. The van der Waals surface area contributed by atoms with Gasteiger partial charge in [0, 0.05) is 11.1 Å². The molecule has 0 aliphatic heterocycles. The van der Waals surface area contributed by atoms with Crippen LogP contribution in [0.25, 0.3) is 33.6 Å². The molecule has 1 aromatic heterocycles. The molecule has 0 aliphatic rings. The third-order valence-electron chi connectivity index (χ3n) is 4.62.